The number of likely N-dealkylation sites (N-methyl/N-ethyl adjacent to an activating group) is 2. The highest BCUT2D eigenvalue weighted by Gasteiger charge is 2.57. The van der Waals surface area contributed by atoms with E-state index in [-0.39, 0.29) is 12.3 Å². The molecule has 1 aromatic rings. The molecule has 0 saturated carbocycles. The van der Waals surface area contributed by atoms with Crippen LogP contribution < -0.4 is 0 Å². The molecule has 1 atom stereocenters. The molecule has 0 bridgehead atoms. The fraction of sp³-hybridized carbons (Fsp3) is 0.500. The predicted octanol–water partition coefficient (Wildman–Crippen LogP) is 2.82. The fourth-order valence-corrected chi connectivity index (χ4v) is 4.74. The van der Waals surface area contributed by atoms with Crippen LogP contribution in [0.5, 0.6) is 0 Å². The van der Waals surface area contributed by atoms with Gasteiger partial charge in [0.1, 0.15) is 0 Å². The average molecular weight is 397 g/mol. The monoisotopic (exact) mass is 396 g/mol. The molecule has 1 aromatic carbocycles. The Morgan fingerprint density at radius 2 is 1.54 bits per heavy atom. The summed E-state index contributed by atoms with van der Waals surface area (Å²) in [6, 6.07) is 8.16. The van der Waals surface area contributed by atoms with Crippen molar-refractivity contribution in [3.05, 3.63) is 35.9 Å². The highest BCUT2D eigenvalue weighted by Crippen LogP contribution is 2.38. The molecule has 1 fully saturated rings. The highest BCUT2D eigenvalue weighted by molar-refractivity contribution is 6.69. The summed E-state index contributed by atoms with van der Waals surface area (Å²) in [5, 5.41) is 0. The molecule has 0 aliphatic carbocycles. The van der Waals surface area contributed by atoms with Crippen LogP contribution in [0.15, 0.2) is 30.3 Å². The van der Waals surface area contributed by atoms with Crippen LogP contribution in [0.1, 0.15) is 12.0 Å². The van der Waals surface area contributed by atoms with Crippen molar-refractivity contribution in [2.24, 2.45) is 0 Å². The van der Waals surface area contributed by atoms with Crippen LogP contribution in [-0.2, 0) is 19.4 Å². The van der Waals surface area contributed by atoms with E-state index in [0.717, 1.165) is 9.80 Å². The third-order valence-corrected chi connectivity index (χ3v) is 5.79. The van der Waals surface area contributed by atoms with E-state index in [9.17, 15) is 14.4 Å². The van der Waals surface area contributed by atoms with Gasteiger partial charge in [0.15, 0.2) is 13.7 Å². The van der Waals surface area contributed by atoms with Crippen LogP contribution >= 0.6 is 11.6 Å². The molecule has 4 amide bonds. The zero-order valence-electron chi connectivity index (χ0n) is 15.8. The lowest BCUT2D eigenvalue weighted by Crippen LogP contribution is -2.66. The minimum atomic E-state index is -1.95. The minimum absolute atomic E-state index is 0.0877. The standard InChI is InChI=1S/C18H25ClN2O4Si/c1-20-15(22)18(13-9-7-6-8-10-13,16(23)21(2)17(20)24)11-14(12-19)25-26(3,4)5/h6-10,14H,11-12H2,1-5H3. The first-order valence-corrected chi connectivity index (χ1v) is 12.4. The van der Waals surface area contributed by atoms with E-state index in [1.165, 1.54) is 14.1 Å². The number of benzene rings is 1. The van der Waals surface area contributed by atoms with E-state index < -0.39 is 37.7 Å². The molecule has 0 radical (unpaired) electrons. The maximum atomic E-state index is 13.2. The van der Waals surface area contributed by atoms with E-state index in [1.807, 2.05) is 25.7 Å². The van der Waals surface area contributed by atoms with Gasteiger partial charge in [-0.05, 0) is 25.2 Å². The van der Waals surface area contributed by atoms with E-state index in [1.54, 1.807) is 24.3 Å². The molecule has 1 saturated heterocycles. The number of halogens is 1. The maximum absolute atomic E-state index is 13.2. The Morgan fingerprint density at radius 1 is 1.04 bits per heavy atom. The van der Waals surface area contributed by atoms with E-state index >= 15 is 0 Å². The van der Waals surface area contributed by atoms with Crippen LogP contribution in [0, 0.1) is 0 Å². The summed E-state index contributed by atoms with van der Waals surface area (Å²) in [4.78, 5) is 40.6. The van der Waals surface area contributed by atoms with Gasteiger partial charge in [-0.15, -0.1) is 11.6 Å². The lowest BCUT2D eigenvalue weighted by molar-refractivity contribution is -0.152. The number of alkyl halides is 1. The van der Waals surface area contributed by atoms with E-state index in [2.05, 4.69) is 0 Å². The Bertz CT molecular complexity index is 681. The first-order valence-electron chi connectivity index (χ1n) is 8.44. The summed E-state index contributed by atoms with van der Waals surface area (Å²) < 4.78 is 6.11. The number of rotatable bonds is 6. The maximum Gasteiger partial charge on any atom is 0.332 e. The van der Waals surface area contributed by atoms with Gasteiger partial charge in [0.2, 0.25) is 0 Å². The van der Waals surface area contributed by atoms with Crippen molar-refractivity contribution in [1.29, 1.82) is 0 Å². The topological polar surface area (TPSA) is 66.9 Å². The van der Waals surface area contributed by atoms with Gasteiger partial charge in [0, 0.05) is 26.4 Å². The van der Waals surface area contributed by atoms with Gasteiger partial charge in [0.05, 0.1) is 6.10 Å². The van der Waals surface area contributed by atoms with Crippen molar-refractivity contribution >= 4 is 37.8 Å². The van der Waals surface area contributed by atoms with Crippen molar-refractivity contribution in [1.82, 2.24) is 9.80 Å². The van der Waals surface area contributed by atoms with Gasteiger partial charge in [-0.2, -0.15) is 0 Å². The Labute approximate surface area is 160 Å². The van der Waals surface area contributed by atoms with Gasteiger partial charge >= 0.3 is 6.03 Å². The summed E-state index contributed by atoms with van der Waals surface area (Å²) >= 11 is 6.12. The number of carbonyl (C=O) groups excluding carboxylic acids is 3. The third kappa shape index (κ3) is 3.70. The number of hydrogen-bond donors (Lipinski definition) is 0. The van der Waals surface area contributed by atoms with Crippen molar-refractivity contribution in [3.63, 3.8) is 0 Å². The summed E-state index contributed by atoms with van der Waals surface area (Å²) in [6.07, 6.45) is -0.392. The molecule has 0 N–H and O–H groups in total. The van der Waals surface area contributed by atoms with Crippen molar-refractivity contribution in [2.45, 2.75) is 37.6 Å². The van der Waals surface area contributed by atoms with Crippen molar-refractivity contribution < 1.29 is 18.8 Å². The molecule has 1 heterocycles. The van der Waals surface area contributed by atoms with E-state index in [4.69, 9.17) is 16.0 Å². The molecule has 1 unspecified atom stereocenters. The molecule has 142 valence electrons. The number of imide groups is 2. The largest absolute Gasteiger partial charge is 0.413 e. The van der Waals surface area contributed by atoms with Crippen LogP contribution in [0.4, 0.5) is 4.79 Å². The number of hydrogen-bond acceptors (Lipinski definition) is 4. The summed E-state index contributed by atoms with van der Waals surface area (Å²) in [7, 11) is 0.826. The number of barbiturate groups is 1. The van der Waals surface area contributed by atoms with Crippen molar-refractivity contribution in [3.8, 4) is 0 Å². The Balaban J connectivity index is 2.58. The molecule has 1 aliphatic rings. The second kappa shape index (κ2) is 7.50. The van der Waals surface area contributed by atoms with Gasteiger partial charge in [-0.3, -0.25) is 19.4 Å². The summed E-state index contributed by atoms with van der Waals surface area (Å²) in [5.41, 5.74) is -0.992. The zero-order chi connectivity index (χ0) is 19.7. The second-order valence-corrected chi connectivity index (χ2v) is 12.3. The predicted molar refractivity (Wildman–Crippen MR) is 103 cm³/mol. The zero-order valence-corrected chi connectivity index (χ0v) is 17.5. The van der Waals surface area contributed by atoms with Gasteiger partial charge in [0.25, 0.3) is 11.8 Å². The van der Waals surface area contributed by atoms with Crippen LogP contribution in [0.25, 0.3) is 0 Å². The molecular formula is C18H25ClN2O4Si. The Hall–Kier alpha value is -1.70. The number of urea groups is 1. The molecule has 8 heteroatoms. The summed E-state index contributed by atoms with van der Waals surface area (Å²) in [6.45, 7) is 6.07. The minimum Gasteiger partial charge on any atom is -0.413 e. The second-order valence-electron chi connectivity index (χ2n) is 7.49. The average Bonchev–Trinajstić information content (AvgIpc) is 2.60. The third-order valence-electron chi connectivity index (χ3n) is 4.41. The lowest BCUT2D eigenvalue weighted by Gasteiger charge is -2.43. The SMILES string of the molecule is CN1C(=O)N(C)C(=O)C(CC(CCl)O[Si](C)(C)C)(c2ccccc2)C1=O. The first kappa shape index (κ1) is 20.6. The molecular weight excluding hydrogens is 372 g/mol. The molecule has 0 spiro atoms. The van der Waals surface area contributed by atoms with Gasteiger partial charge in [-0.1, -0.05) is 30.3 Å². The van der Waals surface area contributed by atoms with Gasteiger partial charge < -0.3 is 4.43 Å². The lowest BCUT2D eigenvalue weighted by atomic mass is 9.72. The molecule has 26 heavy (non-hydrogen) atoms. The van der Waals surface area contributed by atoms with Crippen LogP contribution in [-0.4, -0.2) is 62.0 Å². The van der Waals surface area contributed by atoms with Gasteiger partial charge in [-0.25, -0.2) is 4.79 Å². The quantitative estimate of drug-likeness (QED) is 0.421. The van der Waals surface area contributed by atoms with Crippen molar-refractivity contribution in [2.75, 3.05) is 20.0 Å². The molecule has 2 rings (SSSR count). The van der Waals surface area contributed by atoms with Crippen LogP contribution in [0.2, 0.25) is 19.6 Å². The van der Waals surface area contributed by atoms with E-state index in [0.29, 0.717) is 5.56 Å². The smallest absolute Gasteiger partial charge is 0.332 e. The number of carbonyl (C=O) groups is 3. The normalized spacial score (nSPS) is 19.1. The molecule has 1 aliphatic heterocycles. The van der Waals surface area contributed by atoms with Crippen LogP contribution in [0.3, 0.4) is 0 Å². The molecule has 6 nitrogen and oxygen atoms in total. The fourth-order valence-electron chi connectivity index (χ4n) is 3.29. The molecule has 0 aromatic heterocycles. The number of amides is 4. The highest BCUT2D eigenvalue weighted by atomic mass is 35.5. The Morgan fingerprint density at radius 3 is 1.96 bits per heavy atom. The Kier molecular flexibility index (Phi) is 5.94. The summed E-state index contributed by atoms with van der Waals surface area (Å²) in [5.74, 6) is -0.946. The first-order chi connectivity index (χ1) is 12.0. The number of nitrogens with zero attached hydrogens (tertiary/aromatic N) is 2.